The molecule has 2 amide bonds. The van der Waals surface area contributed by atoms with Crippen LogP contribution in [0.4, 0.5) is 5.13 Å². The zero-order valence-corrected chi connectivity index (χ0v) is 12.9. The Balaban J connectivity index is 1.74. The highest BCUT2D eigenvalue weighted by atomic mass is 32.1. The van der Waals surface area contributed by atoms with Gasteiger partial charge in [0.15, 0.2) is 5.13 Å². The van der Waals surface area contributed by atoms with E-state index in [-0.39, 0.29) is 18.2 Å². The van der Waals surface area contributed by atoms with Crippen molar-refractivity contribution >= 4 is 39.6 Å². The molecule has 5 nitrogen and oxygen atoms in total. The number of thiophene rings is 1. The summed E-state index contributed by atoms with van der Waals surface area (Å²) in [7, 11) is 0. The molecule has 0 saturated carbocycles. The molecule has 2 aromatic heterocycles. The van der Waals surface area contributed by atoms with E-state index in [1.165, 1.54) is 22.7 Å². The molecule has 106 valence electrons. The predicted molar refractivity (Wildman–Crippen MR) is 81.5 cm³/mol. The fourth-order valence-electron chi connectivity index (χ4n) is 1.49. The van der Waals surface area contributed by atoms with E-state index in [1.54, 1.807) is 11.4 Å². The first-order valence-electron chi connectivity index (χ1n) is 6.10. The van der Waals surface area contributed by atoms with Crippen LogP contribution in [-0.2, 0) is 4.79 Å². The molecular formula is C13H15N3O2S2. The van der Waals surface area contributed by atoms with Gasteiger partial charge in [0.25, 0.3) is 5.91 Å². The highest BCUT2D eigenvalue weighted by Crippen LogP contribution is 2.20. The molecule has 0 aliphatic rings. The topological polar surface area (TPSA) is 71.1 Å². The largest absolute Gasteiger partial charge is 0.351 e. The molecule has 0 saturated heterocycles. The summed E-state index contributed by atoms with van der Waals surface area (Å²) in [4.78, 5) is 28.7. The maximum absolute atomic E-state index is 11.7. The van der Waals surface area contributed by atoms with Gasteiger partial charge in [-0.1, -0.05) is 0 Å². The van der Waals surface area contributed by atoms with Crippen LogP contribution in [0, 0.1) is 13.8 Å². The molecule has 20 heavy (non-hydrogen) atoms. The molecule has 0 aromatic carbocycles. The maximum atomic E-state index is 11.7. The van der Waals surface area contributed by atoms with E-state index in [9.17, 15) is 9.59 Å². The van der Waals surface area contributed by atoms with Crippen LogP contribution in [0.25, 0.3) is 0 Å². The van der Waals surface area contributed by atoms with Gasteiger partial charge < -0.3 is 10.6 Å². The fraction of sp³-hybridized carbons (Fsp3) is 0.308. The number of aromatic nitrogens is 1. The normalized spacial score (nSPS) is 10.3. The Hall–Kier alpha value is -1.73. The molecule has 2 heterocycles. The lowest BCUT2D eigenvalue weighted by Gasteiger charge is -2.03. The van der Waals surface area contributed by atoms with E-state index >= 15 is 0 Å². The summed E-state index contributed by atoms with van der Waals surface area (Å²) in [5.41, 5.74) is 1.55. The fourth-order valence-corrected chi connectivity index (χ4v) is 2.96. The molecular weight excluding hydrogens is 294 g/mol. The van der Waals surface area contributed by atoms with Crippen LogP contribution in [0.1, 0.15) is 27.3 Å². The summed E-state index contributed by atoms with van der Waals surface area (Å²) >= 11 is 2.92. The van der Waals surface area contributed by atoms with E-state index < -0.39 is 0 Å². The third kappa shape index (κ3) is 3.88. The molecule has 0 spiro atoms. The van der Waals surface area contributed by atoms with Crippen molar-refractivity contribution in [2.24, 2.45) is 0 Å². The summed E-state index contributed by atoms with van der Waals surface area (Å²) in [5.74, 6) is -0.302. The lowest BCUT2D eigenvalue weighted by Crippen LogP contribution is -2.27. The van der Waals surface area contributed by atoms with Gasteiger partial charge in [-0.3, -0.25) is 9.59 Å². The van der Waals surface area contributed by atoms with E-state index in [1.807, 2.05) is 19.2 Å². The van der Waals surface area contributed by atoms with Crippen molar-refractivity contribution in [1.29, 1.82) is 0 Å². The van der Waals surface area contributed by atoms with E-state index in [0.717, 1.165) is 10.6 Å². The molecule has 0 unspecified atom stereocenters. The molecule has 2 rings (SSSR count). The Kier molecular flexibility index (Phi) is 4.86. The number of thiazole rings is 1. The lowest BCUT2D eigenvalue weighted by molar-refractivity contribution is -0.116. The van der Waals surface area contributed by atoms with E-state index in [2.05, 4.69) is 15.6 Å². The van der Waals surface area contributed by atoms with Crippen LogP contribution in [0.5, 0.6) is 0 Å². The Morgan fingerprint density at radius 3 is 2.75 bits per heavy atom. The number of nitrogens with zero attached hydrogens (tertiary/aromatic N) is 1. The Labute approximate surface area is 125 Å². The molecule has 2 N–H and O–H groups in total. The zero-order chi connectivity index (χ0) is 14.5. The molecule has 0 aliphatic heterocycles. The van der Waals surface area contributed by atoms with Gasteiger partial charge in [0.2, 0.25) is 5.91 Å². The van der Waals surface area contributed by atoms with Gasteiger partial charge in [-0.15, -0.1) is 11.3 Å². The van der Waals surface area contributed by atoms with Crippen molar-refractivity contribution in [3.8, 4) is 0 Å². The number of hydrogen-bond donors (Lipinski definition) is 2. The number of anilines is 1. The van der Waals surface area contributed by atoms with Crippen molar-refractivity contribution < 1.29 is 9.59 Å². The molecule has 0 atom stereocenters. The van der Waals surface area contributed by atoms with E-state index in [4.69, 9.17) is 0 Å². The molecule has 0 fully saturated rings. The number of rotatable bonds is 5. The number of carbonyl (C=O) groups excluding carboxylic acids is 2. The van der Waals surface area contributed by atoms with Crippen molar-refractivity contribution in [3.63, 3.8) is 0 Å². The highest BCUT2D eigenvalue weighted by Gasteiger charge is 2.09. The molecule has 7 heteroatoms. The smallest absolute Gasteiger partial charge is 0.252 e. The van der Waals surface area contributed by atoms with E-state index in [0.29, 0.717) is 17.2 Å². The van der Waals surface area contributed by atoms with Crippen molar-refractivity contribution in [2.75, 3.05) is 11.9 Å². The average molecular weight is 309 g/mol. The third-order valence-electron chi connectivity index (χ3n) is 2.70. The minimum atomic E-state index is -0.153. The van der Waals surface area contributed by atoms with Crippen LogP contribution in [0.3, 0.4) is 0 Å². The zero-order valence-electron chi connectivity index (χ0n) is 11.2. The number of aryl methyl sites for hydroxylation is 2. The summed E-state index contributed by atoms with van der Waals surface area (Å²) in [5, 5.41) is 9.66. The standard InChI is InChI=1S/C13H15N3O2S2/c1-8-9(2)20-13(15-8)16-11(17)3-5-14-12(18)10-4-6-19-7-10/h4,6-7H,3,5H2,1-2H3,(H,14,18)(H,15,16,17). The second-order valence-corrected chi connectivity index (χ2v) is 6.21. The van der Waals surface area contributed by atoms with Crippen LogP contribution in [0.2, 0.25) is 0 Å². The summed E-state index contributed by atoms with van der Waals surface area (Å²) in [6.45, 7) is 4.18. The predicted octanol–water partition coefficient (Wildman–Crippen LogP) is 2.58. The van der Waals surface area contributed by atoms with Crippen LogP contribution in [-0.4, -0.2) is 23.3 Å². The van der Waals surface area contributed by atoms with Gasteiger partial charge in [-0.25, -0.2) is 4.98 Å². The van der Waals surface area contributed by atoms with Gasteiger partial charge in [0, 0.05) is 28.8 Å². The molecule has 0 radical (unpaired) electrons. The highest BCUT2D eigenvalue weighted by molar-refractivity contribution is 7.15. The quantitative estimate of drug-likeness (QED) is 0.891. The van der Waals surface area contributed by atoms with Gasteiger partial charge >= 0.3 is 0 Å². The van der Waals surface area contributed by atoms with Crippen LogP contribution in [0.15, 0.2) is 16.8 Å². The van der Waals surface area contributed by atoms with Gasteiger partial charge in [0.1, 0.15) is 0 Å². The SMILES string of the molecule is Cc1nc(NC(=O)CCNC(=O)c2ccsc2)sc1C. The maximum Gasteiger partial charge on any atom is 0.252 e. The van der Waals surface area contributed by atoms with Crippen LogP contribution < -0.4 is 10.6 Å². The van der Waals surface area contributed by atoms with Crippen LogP contribution >= 0.6 is 22.7 Å². The number of hydrogen-bond acceptors (Lipinski definition) is 5. The summed E-state index contributed by atoms with van der Waals surface area (Å²) in [6, 6.07) is 1.75. The first kappa shape index (κ1) is 14.7. The first-order chi connectivity index (χ1) is 9.56. The minimum Gasteiger partial charge on any atom is -0.351 e. The van der Waals surface area contributed by atoms with Gasteiger partial charge in [-0.2, -0.15) is 11.3 Å². The Morgan fingerprint density at radius 1 is 1.35 bits per heavy atom. The molecule has 0 bridgehead atoms. The summed E-state index contributed by atoms with van der Waals surface area (Å²) in [6.07, 6.45) is 0.230. The minimum absolute atomic E-state index is 0.149. The monoisotopic (exact) mass is 309 g/mol. The number of carbonyl (C=O) groups is 2. The Bertz CT molecular complexity index is 586. The average Bonchev–Trinajstić information content (AvgIpc) is 3.00. The number of amides is 2. The van der Waals surface area contributed by atoms with Gasteiger partial charge in [0.05, 0.1) is 5.69 Å². The Morgan fingerprint density at radius 2 is 2.15 bits per heavy atom. The molecule has 2 aromatic rings. The molecule has 0 aliphatic carbocycles. The number of nitrogens with one attached hydrogen (secondary N) is 2. The van der Waals surface area contributed by atoms with Crippen molar-refractivity contribution in [1.82, 2.24) is 10.3 Å². The van der Waals surface area contributed by atoms with Gasteiger partial charge in [-0.05, 0) is 25.3 Å². The second kappa shape index (κ2) is 6.62. The lowest BCUT2D eigenvalue weighted by atomic mass is 10.3. The third-order valence-corrected chi connectivity index (χ3v) is 4.37. The van der Waals surface area contributed by atoms with Crippen molar-refractivity contribution in [3.05, 3.63) is 33.0 Å². The second-order valence-electron chi connectivity index (χ2n) is 4.23. The van der Waals surface area contributed by atoms with Crippen molar-refractivity contribution in [2.45, 2.75) is 20.3 Å². The summed E-state index contributed by atoms with van der Waals surface area (Å²) < 4.78 is 0. The first-order valence-corrected chi connectivity index (χ1v) is 7.86.